The maximum absolute atomic E-state index is 12.1. The fraction of sp³-hybridized carbons (Fsp3) is 0.923. The molecule has 1 heterocycles. The zero-order valence-corrected chi connectivity index (χ0v) is 10.5. The number of rotatable bonds is 2. The molecule has 1 saturated heterocycles. The molecule has 0 spiro atoms. The minimum Gasteiger partial charge on any atom is -0.381 e. The molecule has 2 unspecified atom stereocenters. The Bertz CT molecular complexity index is 252. The molecule has 2 fully saturated rings. The Labute approximate surface area is 103 Å². The SMILES string of the molecule is NC1CCCCCC1NC(=O)C1CCOCC1. The van der Waals surface area contributed by atoms with Gasteiger partial charge in [-0.05, 0) is 25.7 Å². The van der Waals surface area contributed by atoms with E-state index in [0.29, 0.717) is 0 Å². The summed E-state index contributed by atoms with van der Waals surface area (Å²) >= 11 is 0. The van der Waals surface area contributed by atoms with E-state index in [0.717, 1.165) is 38.9 Å². The lowest BCUT2D eigenvalue weighted by Gasteiger charge is -2.27. The predicted molar refractivity (Wildman–Crippen MR) is 66.5 cm³/mol. The third kappa shape index (κ3) is 3.68. The summed E-state index contributed by atoms with van der Waals surface area (Å²) in [4.78, 5) is 12.1. The summed E-state index contributed by atoms with van der Waals surface area (Å²) in [6.07, 6.45) is 7.42. The van der Waals surface area contributed by atoms with Crippen molar-refractivity contribution in [3.8, 4) is 0 Å². The van der Waals surface area contributed by atoms with Crippen molar-refractivity contribution in [1.29, 1.82) is 0 Å². The number of ether oxygens (including phenoxy) is 1. The van der Waals surface area contributed by atoms with Gasteiger partial charge in [-0.1, -0.05) is 19.3 Å². The number of nitrogens with two attached hydrogens (primary N) is 1. The van der Waals surface area contributed by atoms with Crippen LogP contribution in [0.3, 0.4) is 0 Å². The predicted octanol–water partition coefficient (Wildman–Crippen LogP) is 1.19. The highest BCUT2D eigenvalue weighted by Crippen LogP contribution is 2.19. The van der Waals surface area contributed by atoms with Crippen molar-refractivity contribution in [3.63, 3.8) is 0 Å². The van der Waals surface area contributed by atoms with E-state index in [4.69, 9.17) is 10.5 Å². The van der Waals surface area contributed by atoms with Crippen LogP contribution in [0.25, 0.3) is 0 Å². The van der Waals surface area contributed by atoms with E-state index in [1.165, 1.54) is 19.3 Å². The molecule has 4 heteroatoms. The van der Waals surface area contributed by atoms with Gasteiger partial charge in [0.25, 0.3) is 0 Å². The summed E-state index contributed by atoms with van der Waals surface area (Å²) in [7, 11) is 0. The van der Waals surface area contributed by atoms with Gasteiger partial charge in [0.05, 0.1) is 0 Å². The van der Waals surface area contributed by atoms with Crippen LogP contribution in [0, 0.1) is 5.92 Å². The molecule has 3 N–H and O–H groups in total. The third-order valence-corrected chi connectivity index (χ3v) is 3.99. The van der Waals surface area contributed by atoms with E-state index < -0.39 is 0 Å². The van der Waals surface area contributed by atoms with Gasteiger partial charge in [0, 0.05) is 31.2 Å². The topological polar surface area (TPSA) is 64.3 Å². The fourth-order valence-corrected chi connectivity index (χ4v) is 2.78. The second-order valence-electron chi connectivity index (χ2n) is 5.30. The molecule has 1 aliphatic heterocycles. The molecule has 0 bridgehead atoms. The van der Waals surface area contributed by atoms with Gasteiger partial charge in [0.1, 0.15) is 0 Å². The Hall–Kier alpha value is -0.610. The standard InChI is InChI=1S/C13H24N2O2/c14-11-4-2-1-3-5-12(11)15-13(16)10-6-8-17-9-7-10/h10-12H,1-9,14H2,(H,15,16). The summed E-state index contributed by atoms with van der Waals surface area (Å²) in [5, 5.41) is 3.16. The highest BCUT2D eigenvalue weighted by molar-refractivity contribution is 5.79. The lowest BCUT2D eigenvalue weighted by molar-refractivity contribution is -0.128. The molecule has 98 valence electrons. The minimum atomic E-state index is 0.138. The maximum Gasteiger partial charge on any atom is 0.223 e. The maximum atomic E-state index is 12.1. The molecule has 1 aliphatic carbocycles. The van der Waals surface area contributed by atoms with Crippen molar-refractivity contribution in [2.75, 3.05) is 13.2 Å². The van der Waals surface area contributed by atoms with Crippen molar-refractivity contribution >= 4 is 5.91 Å². The Balaban J connectivity index is 1.83. The highest BCUT2D eigenvalue weighted by atomic mass is 16.5. The first-order valence-electron chi connectivity index (χ1n) is 6.91. The average molecular weight is 240 g/mol. The Morgan fingerprint density at radius 1 is 1.06 bits per heavy atom. The summed E-state index contributed by atoms with van der Waals surface area (Å²) in [5.41, 5.74) is 6.12. The van der Waals surface area contributed by atoms with E-state index in [2.05, 4.69) is 5.32 Å². The molecule has 2 rings (SSSR count). The number of hydrogen-bond donors (Lipinski definition) is 2. The molecule has 0 aromatic rings. The van der Waals surface area contributed by atoms with Crippen LogP contribution in [-0.4, -0.2) is 31.2 Å². The van der Waals surface area contributed by atoms with Crippen LogP contribution in [0.1, 0.15) is 44.9 Å². The van der Waals surface area contributed by atoms with E-state index in [1.807, 2.05) is 0 Å². The molecule has 4 nitrogen and oxygen atoms in total. The third-order valence-electron chi connectivity index (χ3n) is 3.99. The van der Waals surface area contributed by atoms with Crippen molar-refractivity contribution in [2.24, 2.45) is 11.7 Å². The van der Waals surface area contributed by atoms with E-state index >= 15 is 0 Å². The quantitative estimate of drug-likeness (QED) is 0.713. The van der Waals surface area contributed by atoms with Gasteiger partial charge in [-0.15, -0.1) is 0 Å². The second kappa shape index (κ2) is 6.36. The lowest BCUT2D eigenvalue weighted by Crippen LogP contribution is -2.49. The summed E-state index contributed by atoms with van der Waals surface area (Å²) in [6, 6.07) is 0.328. The van der Waals surface area contributed by atoms with Crippen LogP contribution in [0.5, 0.6) is 0 Å². The summed E-state index contributed by atoms with van der Waals surface area (Å²) in [6.45, 7) is 1.43. The van der Waals surface area contributed by atoms with Gasteiger partial charge in [0.15, 0.2) is 0 Å². The number of nitrogens with one attached hydrogen (secondary N) is 1. The smallest absolute Gasteiger partial charge is 0.223 e. The highest BCUT2D eigenvalue weighted by Gasteiger charge is 2.27. The van der Waals surface area contributed by atoms with Gasteiger partial charge in [-0.3, -0.25) is 4.79 Å². The van der Waals surface area contributed by atoms with E-state index in [1.54, 1.807) is 0 Å². The molecular weight excluding hydrogens is 216 g/mol. The molecule has 0 aromatic carbocycles. The molecule has 1 saturated carbocycles. The first kappa shape index (κ1) is 12.8. The number of hydrogen-bond acceptors (Lipinski definition) is 3. The summed E-state index contributed by atoms with van der Waals surface area (Å²) in [5.74, 6) is 0.329. The van der Waals surface area contributed by atoms with E-state index in [-0.39, 0.29) is 23.9 Å². The largest absolute Gasteiger partial charge is 0.381 e. The number of amides is 1. The van der Waals surface area contributed by atoms with Crippen LogP contribution in [0.2, 0.25) is 0 Å². The first-order chi connectivity index (χ1) is 8.27. The Morgan fingerprint density at radius 2 is 1.76 bits per heavy atom. The van der Waals surface area contributed by atoms with E-state index in [9.17, 15) is 4.79 Å². The monoisotopic (exact) mass is 240 g/mol. The zero-order valence-electron chi connectivity index (χ0n) is 10.5. The molecule has 2 aliphatic rings. The van der Waals surface area contributed by atoms with Gasteiger partial charge >= 0.3 is 0 Å². The number of carbonyl (C=O) groups is 1. The Morgan fingerprint density at radius 3 is 2.53 bits per heavy atom. The lowest BCUT2D eigenvalue weighted by atomic mass is 9.97. The van der Waals surface area contributed by atoms with Crippen LogP contribution in [0.4, 0.5) is 0 Å². The minimum absolute atomic E-state index is 0.138. The van der Waals surface area contributed by atoms with Gasteiger partial charge in [-0.25, -0.2) is 0 Å². The molecular formula is C13H24N2O2. The van der Waals surface area contributed by atoms with Crippen molar-refractivity contribution in [3.05, 3.63) is 0 Å². The normalized spacial score (nSPS) is 31.8. The zero-order chi connectivity index (χ0) is 12.1. The fourth-order valence-electron chi connectivity index (χ4n) is 2.78. The van der Waals surface area contributed by atoms with Crippen molar-refractivity contribution in [1.82, 2.24) is 5.32 Å². The van der Waals surface area contributed by atoms with Crippen LogP contribution in [0.15, 0.2) is 0 Å². The molecule has 0 aromatic heterocycles. The first-order valence-corrected chi connectivity index (χ1v) is 6.91. The molecule has 1 amide bonds. The van der Waals surface area contributed by atoms with Gasteiger partial charge in [-0.2, -0.15) is 0 Å². The van der Waals surface area contributed by atoms with Crippen LogP contribution in [-0.2, 0) is 9.53 Å². The number of carbonyl (C=O) groups excluding carboxylic acids is 1. The molecule has 0 radical (unpaired) electrons. The van der Waals surface area contributed by atoms with Crippen molar-refractivity contribution in [2.45, 2.75) is 57.0 Å². The van der Waals surface area contributed by atoms with Crippen molar-refractivity contribution < 1.29 is 9.53 Å². The second-order valence-corrected chi connectivity index (χ2v) is 5.30. The van der Waals surface area contributed by atoms with Gasteiger partial charge < -0.3 is 15.8 Å². The molecule has 17 heavy (non-hydrogen) atoms. The Kier molecular flexibility index (Phi) is 4.80. The van der Waals surface area contributed by atoms with Crippen LogP contribution < -0.4 is 11.1 Å². The van der Waals surface area contributed by atoms with Gasteiger partial charge in [0.2, 0.25) is 5.91 Å². The summed E-state index contributed by atoms with van der Waals surface area (Å²) < 4.78 is 5.28. The van der Waals surface area contributed by atoms with Crippen LogP contribution >= 0.6 is 0 Å². The molecule has 2 atom stereocenters. The average Bonchev–Trinajstić information content (AvgIpc) is 2.56.